The number of hydrogen-bond donors (Lipinski definition) is 2. The lowest BCUT2D eigenvalue weighted by Crippen LogP contribution is -2.53. The highest BCUT2D eigenvalue weighted by Crippen LogP contribution is 2.18. The Labute approximate surface area is 134 Å². The van der Waals surface area contributed by atoms with Crippen LogP contribution in [0.5, 0.6) is 0 Å². The van der Waals surface area contributed by atoms with Crippen LogP contribution in [0.15, 0.2) is 18.2 Å². The maximum atomic E-state index is 13.3. The van der Waals surface area contributed by atoms with Crippen LogP contribution in [0, 0.1) is 11.6 Å². The fourth-order valence-electron chi connectivity index (χ4n) is 2.64. The molecule has 0 radical (unpaired) electrons. The third-order valence-corrected chi connectivity index (χ3v) is 3.89. The molecule has 0 spiro atoms. The Morgan fingerprint density at radius 1 is 1.43 bits per heavy atom. The standard InChI is InChI=1S/C16H22F2N2O3/c1-10(21)7-13-9-23-6-5-20(13)16(22)19-11(2)12-3-4-14(17)15(18)8-12/h3-4,8,10-11,13,21H,5-7,9H2,1-2H3,(H,19,22)/t10-,11-,13+/m0/s1. The number of aliphatic hydroxyl groups is 1. The molecule has 0 bridgehead atoms. The fourth-order valence-corrected chi connectivity index (χ4v) is 2.64. The van der Waals surface area contributed by atoms with Gasteiger partial charge in [0, 0.05) is 6.54 Å². The number of carbonyl (C=O) groups is 1. The minimum atomic E-state index is -0.943. The molecule has 128 valence electrons. The third-order valence-electron chi connectivity index (χ3n) is 3.89. The van der Waals surface area contributed by atoms with Crippen molar-refractivity contribution in [2.75, 3.05) is 19.8 Å². The Hall–Kier alpha value is -1.73. The van der Waals surface area contributed by atoms with Crippen LogP contribution in [0.2, 0.25) is 0 Å². The number of nitrogens with zero attached hydrogens (tertiary/aromatic N) is 1. The lowest BCUT2D eigenvalue weighted by molar-refractivity contribution is -0.00474. The first kappa shape index (κ1) is 17.6. The fraction of sp³-hybridized carbons (Fsp3) is 0.562. The number of rotatable bonds is 4. The number of nitrogens with one attached hydrogen (secondary N) is 1. The van der Waals surface area contributed by atoms with Gasteiger partial charge < -0.3 is 20.1 Å². The molecular formula is C16H22F2N2O3. The van der Waals surface area contributed by atoms with Crippen LogP contribution >= 0.6 is 0 Å². The molecule has 1 fully saturated rings. The first-order valence-electron chi connectivity index (χ1n) is 7.66. The second-order valence-corrected chi connectivity index (χ2v) is 5.85. The van der Waals surface area contributed by atoms with Crippen LogP contribution in [0.3, 0.4) is 0 Å². The van der Waals surface area contributed by atoms with Crippen molar-refractivity contribution in [3.8, 4) is 0 Å². The van der Waals surface area contributed by atoms with Gasteiger partial charge in [0.2, 0.25) is 0 Å². The lowest BCUT2D eigenvalue weighted by Gasteiger charge is -2.37. The molecule has 2 N–H and O–H groups in total. The van der Waals surface area contributed by atoms with E-state index in [2.05, 4.69) is 5.32 Å². The zero-order valence-electron chi connectivity index (χ0n) is 13.3. The SMILES string of the molecule is C[C@H](O)C[C@@H]1COCCN1C(=O)N[C@@H](C)c1ccc(F)c(F)c1. The van der Waals surface area contributed by atoms with Gasteiger partial charge in [-0.25, -0.2) is 13.6 Å². The Morgan fingerprint density at radius 2 is 2.17 bits per heavy atom. The molecule has 1 aromatic carbocycles. The van der Waals surface area contributed by atoms with Crippen molar-refractivity contribution in [3.05, 3.63) is 35.4 Å². The molecule has 0 aliphatic carbocycles. The summed E-state index contributed by atoms with van der Waals surface area (Å²) in [5.41, 5.74) is 0.484. The van der Waals surface area contributed by atoms with E-state index in [1.807, 2.05) is 0 Å². The maximum absolute atomic E-state index is 13.3. The highest BCUT2D eigenvalue weighted by atomic mass is 19.2. The van der Waals surface area contributed by atoms with Gasteiger partial charge in [-0.05, 0) is 38.0 Å². The summed E-state index contributed by atoms with van der Waals surface area (Å²) in [5, 5.41) is 12.3. The summed E-state index contributed by atoms with van der Waals surface area (Å²) in [4.78, 5) is 14.1. The van der Waals surface area contributed by atoms with Crippen LogP contribution in [-0.4, -0.2) is 47.9 Å². The molecule has 7 heteroatoms. The molecule has 0 unspecified atom stereocenters. The topological polar surface area (TPSA) is 61.8 Å². The first-order chi connectivity index (χ1) is 10.9. The van der Waals surface area contributed by atoms with E-state index in [-0.39, 0.29) is 12.1 Å². The molecule has 1 aliphatic rings. The van der Waals surface area contributed by atoms with Gasteiger partial charge in [0.05, 0.1) is 31.4 Å². The summed E-state index contributed by atoms with van der Waals surface area (Å²) in [6.07, 6.45) is -0.118. The molecule has 3 atom stereocenters. The van der Waals surface area contributed by atoms with Gasteiger partial charge >= 0.3 is 6.03 Å². The van der Waals surface area contributed by atoms with Gasteiger partial charge in [-0.15, -0.1) is 0 Å². The van der Waals surface area contributed by atoms with Crippen molar-refractivity contribution in [2.45, 2.75) is 38.5 Å². The molecule has 1 saturated heterocycles. The van der Waals surface area contributed by atoms with Crippen LogP contribution in [-0.2, 0) is 4.74 Å². The summed E-state index contributed by atoms with van der Waals surface area (Å²) in [6, 6.07) is 2.57. The zero-order chi connectivity index (χ0) is 17.0. The van der Waals surface area contributed by atoms with Crippen molar-refractivity contribution in [1.82, 2.24) is 10.2 Å². The number of benzene rings is 1. The largest absolute Gasteiger partial charge is 0.393 e. The molecule has 2 rings (SSSR count). The molecule has 1 aromatic rings. The minimum absolute atomic E-state index is 0.207. The van der Waals surface area contributed by atoms with Crippen molar-refractivity contribution >= 4 is 6.03 Å². The summed E-state index contributed by atoms with van der Waals surface area (Å²) < 4.78 is 31.6. The highest BCUT2D eigenvalue weighted by Gasteiger charge is 2.29. The maximum Gasteiger partial charge on any atom is 0.318 e. The summed E-state index contributed by atoms with van der Waals surface area (Å²) in [7, 11) is 0. The van der Waals surface area contributed by atoms with E-state index in [0.29, 0.717) is 31.7 Å². The Balaban J connectivity index is 2.02. The summed E-state index contributed by atoms with van der Waals surface area (Å²) in [5.74, 6) is -1.86. The van der Waals surface area contributed by atoms with E-state index in [9.17, 15) is 18.7 Å². The summed E-state index contributed by atoms with van der Waals surface area (Å²) >= 11 is 0. The molecule has 1 heterocycles. The monoisotopic (exact) mass is 328 g/mol. The molecular weight excluding hydrogens is 306 g/mol. The normalized spacial score (nSPS) is 20.9. The van der Waals surface area contributed by atoms with Crippen LogP contribution in [0.1, 0.15) is 31.9 Å². The number of aliphatic hydroxyl groups excluding tert-OH is 1. The van der Waals surface area contributed by atoms with E-state index in [0.717, 1.165) is 12.1 Å². The number of ether oxygens (including phenoxy) is 1. The Morgan fingerprint density at radius 3 is 2.83 bits per heavy atom. The lowest BCUT2D eigenvalue weighted by atomic mass is 10.1. The number of halogens is 2. The second kappa shape index (κ2) is 7.70. The van der Waals surface area contributed by atoms with Crippen molar-refractivity contribution in [2.24, 2.45) is 0 Å². The van der Waals surface area contributed by atoms with E-state index >= 15 is 0 Å². The first-order valence-corrected chi connectivity index (χ1v) is 7.66. The third kappa shape index (κ3) is 4.62. The van der Waals surface area contributed by atoms with E-state index < -0.39 is 23.8 Å². The Kier molecular flexibility index (Phi) is 5.90. The quantitative estimate of drug-likeness (QED) is 0.891. The zero-order valence-corrected chi connectivity index (χ0v) is 13.3. The van der Waals surface area contributed by atoms with Gasteiger partial charge in [0.1, 0.15) is 0 Å². The minimum Gasteiger partial charge on any atom is -0.393 e. The van der Waals surface area contributed by atoms with Gasteiger partial charge in [-0.3, -0.25) is 0 Å². The molecule has 0 saturated carbocycles. The molecule has 23 heavy (non-hydrogen) atoms. The van der Waals surface area contributed by atoms with E-state index in [1.165, 1.54) is 6.07 Å². The van der Waals surface area contributed by atoms with E-state index in [1.54, 1.807) is 18.7 Å². The van der Waals surface area contributed by atoms with Crippen LogP contribution in [0.25, 0.3) is 0 Å². The van der Waals surface area contributed by atoms with Crippen LogP contribution in [0.4, 0.5) is 13.6 Å². The predicted octanol–water partition coefficient (Wildman–Crippen LogP) is 2.21. The molecule has 1 aliphatic heterocycles. The van der Waals surface area contributed by atoms with Gasteiger partial charge in [0.15, 0.2) is 11.6 Å². The smallest absolute Gasteiger partial charge is 0.318 e. The van der Waals surface area contributed by atoms with Gasteiger partial charge in [0.25, 0.3) is 0 Å². The van der Waals surface area contributed by atoms with Crippen LogP contribution < -0.4 is 5.32 Å². The molecule has 2 amide bonds. The number of amides is 2. The average Bonchev–Trinajstić information content (AvgIpc) is 2.49. The average molecular weight is 328 g/mol. The second-order valence-electron chi connectivity index (χ2n) is 5.85. The summed E-state index contributed by atoms with van der Waals surface area (Å²) in [6.45, 7) is 4.60. The number of morpholine rings is 1. The number of urea groups is 1. The molecule has 5 nitrogen and oxygen atoms in total. The van der Waals surface area contributed by atoms with E-state index in [4.69, 9.17) is 4.74 Å². The Bertz CT molecular complexity index is 554. The van der Waals surface area contributed by atoms with Gasteiger partial charge in [-0.1, -0.05) is 6.07 Å². The predicted molar refractivity (Wildman–Crippen MR) is 80.9 cm³/mol. The van der Waals surface area contributed by atoms with Gasteiger partial charge in [-0.2, -0.15) is 0 Å². The number of carbonyl (C=O) groups excluding carboxylic acids is 1. The van der Waals surface area contributed by atoms with Crippen molar-refractivity contribution in [1.29, 1.82) is 0 Å². The van der Waals surface area contributed by atoms with Crippen molar-refractivity contribution in [3.63, 3.8) is 0 Å². The van der Waals surface area contributed by atoms with Crippen molar-refractivity contribution < 1.29 is 23.4 Å². The highest BCUT2D eigenvalue weighted by molar-refractivity contribution is 5.75. The number of hydrogen-bond acceptors (Lipinski definition) is 3. The molecule has 0 aromatic heterocycles.